The Kier molecular flexibility index (Phi) is 24.3. The Labute approximate surface area is 117 Å². The third-order valence-corrected chi connectivity index (χ3v) is 1.96. The SMILES string of the molecule is CC(=O)O.CCCC(C)OC(C)CCC.OCCO. The maximum Gasteiger partial charge on any atom is 0.300 e. The minimum absolute atomic E-state index is 0.125. The summed E-state index contributed by atoms with van der Waals surface area (Å²) in [6.07, 6.45) is 5.71. The number of carboxylic acid groups (broad SMARTS) is 1. The van der Waals surface area contributed by atoms with Gasteiger partial charge in [-0.15, -0.1) is 0 Å². The van der Waals surface area contributed by atoms with Crippen molar-refractivity contribution >= 4 is 5.97 Å². The van der Waals surface area contributed by atoms with Crippen molar-refractivity contribution in [3.63, 3.8) is 0 Å². The Hall–Kier alpha value is -0.650. The summed E-state index contributed by atoms with van der Waals surface area (Å²) in [5.41, 5.74) is 0. The number of carbonyl (C=O) groups is 1. The first-order valence-corrected chi connectivity index (χ1v) is 6.92. The molecule has 0 heterocycles. The van der Waals surface area contributed by atoms with E-state index < -0.39 is 5.97 Å². The molecule has 0 fully saturated rings. The third kappa shape index (κ3) is 38.2. The van der Waals surface area contributed by atoms with Gasteiger partial charge in [-0.25, -0.2) is 0 Å². The highest BCUT2D eigenvalue weighted by Crippen LogP contribution is 2.08. The van der Waals surface area contributed by atoms with Crippen LogP contribution in [0.15, 0.2) is 0 Å². The molecule has 5 heteroatoms. The first-order valence-electron chi connectivity index (χ1n) is 6.92. The van der Waals surface area contributed by atoms with Gasteiger partial charge in [-0.3, -0.25) is 4.79 Å². The summed E-state index contributed by atoms with van der Waals surface area (Å²) in [6.45, 7) is 9.56. The molecule has 0 saturated heterocycles. The van der Waals surface area contributed by atoms with Gasteiger partial charge < -0.3 is 20.1 Å². The van der Waals surface area contributed by atoms with E-state index in [-0.39, 0.29) is 13.2 Å². The molecule has 0 bridgehead atoms. The van der Waals surface area contributed by atoms with Crippen molar-refractivity contribution in [2.45, 2.75) is 72.5 Å². The summed E-state index contributed by atoms with van der Waals surface area (Å²) in [5, 5.41) is 22.7. The summed E-state index contributed by atoms with van der Waals surface area (Å²) >= 11 is 0. The molecular formula is C14H32O5. The fourth-order valence-electron chi connectivity index (χ4n) is 1.35. The quantitative estimate of drug-likeness (QED) is 0.666. The van der Waals surface area contributed by atoms with E-state index in [2.05, 4.69) is 27.7 Å². The van der Waals surface area contributed by atoms with E-state index >= 15 is 0 Å². The summed E-state index contributed by atoms with van der Waals surface area (Å²) < 4.78 is 5.73. The highest BCUT2D eigenvalue weighted by molar-refractivity contribution is 5.62. The van der Waals surface area contributed by atoms with Crippen LogP contribution in [-0.2, 0) is 9.53 Å². The van der Waals surface area contributed by atoms with Crippen LogP contribution in [0.25, 0.3) is 0 Å². The van der Waals surface area contributed by atoms with Gasteiger partial charge in [0.05, 0.1) is 25.4 Å². The zero-order chi connectivity index (χ0) is 15.7. The van der Waals surface area contributed by atoms with Crippen LogP contribution in [0.3, 0.4) is 0 Å². The summed E-state index contributed by atoms with van der Waals surface area (Å²) in [6, 6.07) is 0. The Morgan fingerprint density at radius 3 is 1.42 bits per heavy atom. The molecule has 3 N–H and O–H groups in total. The molecule has 0 aliphatic carbocycles. The Bertz CT molecular complexity index is 157. The topological polar surface area (TPSA) is 87.0 Å². The average Bonchev–Trinajstić information content (AvgIpc) is 2.29. The van der Waals surface area contributed by atoms with Crippen molar-refractivity contribution in [2.75, 3.05) is 13.2 Å². The summed E-state index contributed by atoms with van der Waals surface area (Å²) in [5.74, 6) is -0.833. The van der Waals surface area contributed by atoms with Gasteiger partial charge in [0.1, 0.15) is 0 Å². The molecule has 0 radical (unpaired) electrons. The van der Waals surface area contributed by atoms with Crippen LogP contribution in [0, 0.1) is 0 Å². The van der Waals surface area contributed by atoms with Crippen molar-refractivity contribution in [3.05, 3.63) is 0 Å². The molecule has 0 aliphatic heterocycles. The Morgan fingerprint density at radius 1 is 1.00 bits per heavy atom. The number of aliphatic carboxylic acids is 1. The second kappa shape index (κ2) is 19.7. The fourth-order valence-corrected chi connectivity index (χ4v) is 1.35. The van der Waals surface area contributed by atoms with Gasteiger partial charge in [0, 0.05) is 6.92 Å². The monoisotopic (exact) mass is 280 g/mol. The van der Waals surface area contributed by atoms with Gasteiger partial charge in [0.25, 0.3) is 5.97 Å². The number of carboxylic acids is 1. The molecule has 5 nitrogen and oxygen atoms in total. The molecule has 2 atom stereocenters. The number of ether oxygens (including phenoxy) is 1. The normalized spacial score (nSPS) is 12.4. The van der Waals surface area contributed by atoms with E-state index in [4.69, 9.17) is 24.9 Å². The van der Waals surface area contributed by atoms with E-state index in [0.717, 1.165) is 6.92 Å². The van der Waals surface area contributed by atoms with Crippen molar-refractivity contribution in [3.8, 4) is 0 Å². The minimum Gasteiger partial charge on any atom is -0.481 e. The van der Waals surface area contributed by atoms with Crippen molar-refractivity contribution in [1.82, 2.24) is 0 Å². The number of aliphatic hydroxyl groups excluding tert-OH is 2. The standard InChI is InChI=1S/C10H22O.C2H4O2.C2H6O2/c1-5-7-9(3)11-10(4)8-6-2;1-2(3)4;3-1-2-4/h9-10H,5-8H2,1-4H3;1H3,(H,3,4);3-4H,1-2H2. The lowest BCUT2D eigenvalue weighted by molar-refractivity contribution is -0.134. The molecule has 118 valence electrons. The molecule has 19 heavy (non-hydrogen) atoms. The van der Waals surface area contributed by atoms with Crippen LogP contribution in [-0.4, -0.2) is 46.7 Å². The molecule has 2 unspecified atom stereocenters. The van der Waals surface area contributed by atoms with Crippen LogP contribution in [0.2, 0.25) is 0 Å². The van der Waals surface area contributed by atoms with Crippen LogP contribution >= 0.6 is 0 Å². The fraction of sp³-hybridized carbons (Fsp3) is 0.929. The van der Waals surface area contributed by atoms with E-state index in [9.17, 15) is 0 Å². The molecule has 0 spiro atoms. The van der Waals surface area contributed by atoms with Gasteiger partial charge in [-0.1, -0.05) is 26.7 Å². The number of hydrogen-bond acceptors (Lipinski definition) is 4. The first-order chi connectivity index (χ1) is 8.85. The third-order valence-electron chi connectivity index (χ3n) is 1.96. The second-order valence-corrected chi connectivity index (χ2v) is 4.30. The van der Waals surface area contributed by atoms with Crippen molar-refractivity contribution in [1.29, 1.82) is 0 Å². The van der Waals surface area contributed by atoms with E-state index in [1.807, 2.05) is 0 Å². The van der Waals surface area contributed by atoms with Gasteiger partial charge in [-0.2, -0.15) is 0 Å². The lowest BCUT2D eigenvalue weighted by Gasteiger charge is -2.17. The molecule has 0 aromatic carbocycles. The predicted molar refractivity (Wildman–Crippen MR) is 77.3 cm³/mol. The predicted octanol–water partition coefficient (Wildman–Crippen LogP) is 2.44. The van der Waals surface area contributed by atoms with Crippen molar-refractivity contribution < 1.29 is 24.9 Å². The maximum atomic E-state index is 9.00. The summed E-state index contributed by atoms with van der Waals surface area (Å²) in [4.78, 5) is 9.00. The van der Waals surface area contributed by atoms with Crippen LogP contribution < -0.4 is 0 Å². The summed E-state index contributed by atoms with van der Waals surface area (Å²) in [7, 11) is 0. The smallest absolute Gasteiger partial charge is 0.300 e. The van der Waals surface area contributed by atoms with Crippen LogP contribution in [0.1, 0.15) is 60.3 Å². The Morgan fingerprint density at radius 2 is 1.26 bits per heavy atom. The Balaban J connectivity index is -0.000000264. The van der Waals surface area contributed by atoms with Gasteiger partial charge in [0.2, 0.25) is 0 Å². The van der Waals surface area contributed by atoms with Crippen LogP contribution in [0.4, 0.5) is 0 Å². The minimum atomic E-state index is -0.833. The van der Waals surface area contributed by atoms with E-state index in [0.29, 0.717) is 12.2 Å². The lowest BCUT2D eigenvalue weighted by atomic mass is 10.2. The molecule has 0 amide bonds. The number of rotatable bonds is 7. The number of hydrogen-bond donors (Lipinski definition) is 3. The molecule has 0 saturated carbocycles. The molecule has 0 aromatic rings. The zero-order valence-electron chi connectivity index (χ0n) is 13.1. The number of aliphatic hydroxyl groups is 2. The van der Waals surface area contributed by atoms with E-state index in [1.165, 1.54) is 25.7 Å². The maximum absolute atomic E-state index is 9.00. The molecular weight excluding hydrogens is 248 g/mol. The molecule has 0 aromatic heterocycles. The zero-order valence-corrected chi connectivity index (χ0v) is 13.1. The van der Waals surface area contributed by atoms with Gasteiger partial charge >= 0.3 is 0 Å². The van der Waals surface area contributed by atoms with Gasteiger partial charge in [-0.05, 0) is 26.7 Å². The first kappa shape index (κ1) is 23.4. The average molecular weight is 280 g/mol. The van der Waals surface area contributed by atoms with Gasteiger partial charge in [0.15, 0.2) is 0 Å². The molecule has 0 aliphatic rings. The lowest BCUT2D eigenvalue weighted by Crippen LogP contribution is -2.16. The highest BCUT2D eigenvalue weighted by Gasteiger charge is 2.05. The molecule has 0 rings (SSSR count). The van der Waals surface area contributed by atoms with Crippen molar-refractivity contribution in [2.24, 2.45) is 0 Å². The van der Waals surface area contributed by atoms with Crippen LogP contribution in [0.5, 0.6) is 0 Å². The largest absolute Gasteiger partial charge is 0.481 e. The van der Waals surface area contributed by atoms with E-state index in [1.54, 1.807) is 0 Å². The highest BCUT2D eigenvalue weighted by atomic mass is 16.5. The second-order valence-electron chi connectivity index (χ2n) is 4.30.